The van der Waals surface area contributed by atoms with Gasteiger partial charge in [0.1, 0.15) is 6.04 Å². The zero-order chi connectivity index (χ0) is 17.8. The largest absolute Gasteiger partial charge is 0.352 e. The summed E-state index contributed by atoms with van der Waals surface area (Å²) in [6.07, 6.45) is 2.78. The van der Waals surface area contributed by atoms with Crippen molar-refractivity contribution in [2.45, 2.75) is 45.2 Å². The fraction of sp³-hybridized carbons (Fsp3) is 0.600. The number of benzene rings is 1. The van der Waals surface area contributed by atoms with Crippen LogP contribution in [0.15, 0.2) is 30.3 Å². The molecular formula is C20H29N3O2. The third kappa shape index (κ3) is 4.82. The summed E-state index contributed by atoms with van der Waals surface area (Å²) in [4.78, 5) is 29.2. The molecule has 2 aliphatic rings. The summed E-state index contributed by atoms with van der Waals surface area (Å²) in [5, 5.41) is 3.15. The van der Waals surface area contributed by atoms with E-state index in [-0.39, 0.29) is 17.9 Å². The van der Waals surface area contributed by atoms with Gasteiger partial charge in [-0.25, -0.2) is 0 Å². The van der Waals surface area contributed by atoms with Gasteiger partial charge in [-0.3, -0.25) is 14.5 Å². The molecule has 0 bridgehead atoms. The van der Waals surface area contributed by atoms with E-state index in [1.165, 1.54) is 0 Å². The van der Waals surface area contributed by atoms with Gasteiger partial charge >= 0.3 is 0 Å². The van der Waals surface area contributed by atoms with Gasteiger partial charge in [-0.1, -0.05) is 44.2 Å². The van der Waals surface area contributed by atoms with Crippen molar-refractivity contribution in [2.75, 3.05) is 26.2 Å². The first-order chi connectivity index (χ1) is 12.0. The Morgan fingerprint density at radius 3 is 2.28 bits per heavy atom. The molecule has 0 spiro atoms. The second kappa shape index (κ2) is 8.00. The molecule has 1 aliphatic carbocycles. The standard InChI is InChI=1S/C20H29N3O2/c1-15(2)14-18(24)22-10-12-23(13-11-22)19(16-6-4-3-5-7-16)20(25)21-17-8-9-17/h3-7,15,17,19H,8-14H2,1-2H3,(H,21,25)/t19-/m0/s1. The van der Waals surface area contributed by atoms with Gasteiger partial charge < -0.3 is 10.2 Å². The van der Waals surface area contributed by atoms with E-state index in [0.717, 1.165) is 31.5 Å². The molecule has 1 aromatic carbocycles. The minimum Gasteiger partial charge on any atom is -0.352 e. The Bertz CT molecular complexity index is 590. The van der Waals surface area contributed by atoms with Crippen molar-refractivity contribution in [3.8, 4) is 0 Å². The number of nitrogens with one attached hydrogen (secondary N) is 1. The molecule has 136 valence electrons. The SMILES string of the molecule is CC(C)CC(=O)N1CCN([C@H](C(=O)NC2CC2)c2ccccc2)CC1. The highest BCUT2D eigenvalue weighted by molar-refractivity contribution is 5.84. The average molecular weight is 343 g/mol. The van der Waals surface area contributed by atoms with Crippen LogP contribution in [-0.4, -0.2) is 53.8 Å². The molecule has 5 heteroatoms. The predicted octanol–water partition coefficient (Wildman–Crippen LogP) is 2.20. The number of amides is 2. The fourth-order valence-corrected chi connectivity index (χ4v) is 3.38. The van der Waals surface area contributed by atoms with Crippen molar-refractivity contribution in [1.82, 2.24) is 15.1 Å². The quantitative estimate of drug-likeness (QED) is 0.861. The molecule has 1 atom stereocenters. The van der Waals surface area contributed by atoms with Crippen LogP contribution in [0.4, 0.5) is 0 Å². The topological polar surface area (TPSA) is 52.7 Å². The van der Waals surface area contributed by atoms with Crippen molar-refractivity contribution >= 4 is 11.8 Å². The number of carbonyl (C=O) groups is 2. The maximum Gasteiger partial charge on any atom is 0.242 e. The van der Waals surface area contributed by atoms with E-state index in [1.54, 1.807) is 0 Å². The molecule has 0 aromatic heterocycles. The molecule has 2 fully saturated rings. The summed E-state index contributed by atoms with van der Waals surface area (Å²) in [5.41, 5.74) is 1.03. The van der Waals surface area contributed by atoms with Crippen molar-refractivity contribution in [2.24, 2.45) is 5.92 Å². The molecule has 0 radical (unpaired) electrons. The van der Waals surface area contributed by atoms with Crippen LogP contribution in [0, 0.1) is 5.92 Å². The van der Waals surface area contributed by atoms with Crippen LogP contribution < -0.4 is 5.32 Å². The van der Waals surface area contributed by atoms with Crippen molar-refractivity contribution < 1.29 is 9.59 Å². The number of nitrogens with zero attached hydrogens (tertiary/aromatic N) is 2. The van der Waals surface area contributed by atoms with E-state index in [2.05, 4.69) is 24.1 Å². The summed E-state index contributed by atoms with van der Waals surface area (Å²) in [5.74, 6) is 0.705. The molecule has 3 rings (SSSR count). The summed E-state index contributed by atoms with van der Waals surface area (Å²) < 4.78 is 0. The lowest BCUT2D eigenvalue weighted by Crippen LogP contribution is -2.52. The van der Waals surface area contributed by atoms with Gasteiger partial charge in [0.15, 0.2) is 0 Å². The Balaban J connectivity index is 1.66. The predicted molar refractivity (Wildman–Crippen MR) is 98.0 cm³/mol. The molecule has 2 amide bonds. The molecule has 25 heavy (non-hydrogen) atoms. The molecular weight excluding hydrogens is 314 g/mol. The first kappa shape index (κ1) is 17.9. The summed E-state index contributed by atoms with van der Waals surface area (Å²) >= 11 is 0. The first-order valence-electron chi connectivity index (χ1n) is 9.41. The van der Waals surface area contributed by atoms with Crippen LogP contribution in [0.3, 0.4) is 0 Å². The second-order valence-electron chi connectivity index (χ2n) is 7.61. The second-order valence-corrected chi connectivity index (χ2v) is 7.61. The maximum absolute atomic E-state index is 12.8. The molecule has 5 nitrogen and oxygen atoms in total. The van der Waals surface area contributed by atoms with Crippen molar-refractivity contribution in [3.63, 3.8) is 0 Å². The van der Waals surface area contributed by atoms with E-state index in [0.29, 0.717) is 31.5 Å². The highest BCUT2D eigenvalue weighted by Crippen LogP contribution is 2.26. The van der Waals surface area contributed by atoms with E-state index in [1.807, 2.05) is 35.2 Å². The van der Waals surface area contributed by atoms with Gasteiger partial charge in [-0.2, -0.15) is 0 Å². The lowest BCUT2D eigenvalue weighted by Gasteiger charge is -2.39. The molecule has 1 saturated carbocycles. The monoisotopic (exact) mass is 343 g/mol. The maximum atomic E-state index is 12.8. The number of hydrogen-bond donors (Lipinski definition) is 1. The molecule has 0 unspecified atom stereocenters. The highest BCUT2D eigenvalue weighted by atomic mass is 16.2. The number of hydrogen-bond acceptors (Lipinski definition) is 3. The lowest BCUT2D eigenvalue weighted by molar-refractivity contribution is -0.135. The molecule has 1 aliphatic heterocycles. The smallest absolute Gasteiger partial charge is 0.242 e. The summed E-state index contributed by atoms with van der Waals surface area (Å²) in [6.45, 7) is 7.02. The van der Waals surface area contributed by atoms with Gasteiger partial charge in [0.05, 0.1) is 0 Å². The molecule has 1 saturated heterocycles. The van der Waals surface area contributed by atoms with Gasteiger partial charge in [-0.05, 0) is 24.3 Å². The third-order valence-electron chi connectivity index (χ3n) is 4.90. The van der Waals surface area contributed by atoms with Crippen molar-refractivity contribution in [1.29, 1.82) is 0 Å². The van der Waals surface area contributed by atoms with Crippen LogP contribution in [-0.2, 0) is 9.59 Å². The highest BCUT2D eigenvalue weighted by Gasteiger charge is 2.34. The van der Waals surface area contributed by atoms with Gasteiger partial charge in [-0.15, -0.1) is 0 Å². The van der Waals surface area contributed by atoms with Gasteiger partial charge in [0, 0.05) is 38.6 Å². The Hall–Kier alpha value is -1.88. The van der Waals surface area contributed by atoms with Crippen LogP contribution >= 0.6 is 0 Å². The first-order valence-corrected chi connectivity index (χ1v) is 9.41. The number of rotatable bonds is 6. The van der Waals surface area contributed by atoms with E-state index >= 15 is 0 Å². The Morgan fingerprint density at radius 1 is 1.08 bits per heavy atom. The average Bonchev–Trinajstić information content (AvgIpc) is 3.40. The van der Waals surface area contributed by atoms with E-state index in [9.17, 15) is 9.59 Å². The van der Waals surface area contributed by atoms with Crippen LogP contribution in [0.5, 0.6) is 0 Å². The van der Waals surface area contributed by atoms with Crippen LogP contribution in [0.25, 0.3) is 0 Å². The van der Waals surface area contributed by atoms with E-state index < -0.39 is 0 Å². The van der Waals surface area contributed by atoms with Crippen LogP contribution in [0.2, 0.25) is 0 Å². The van der Waals surface area contributed by atoms with Gasteiger partial charge in [0.25, 0.3) is 0 Å². The molecule has 1 N–H and O–H groups in total. The van der Waals surface area contributed by atoms with Gasteiger partial charge in [0.2, 0.25) is 11.8 Å². The zero-order valence-electron chi connectivity index (χ0n) is 15.3. The third-order valence-corrected chi connectivity index (χ3v) is 4.90. The summed E-state index contributed by atoms with van der Waals surface area (Å²) in [6, 6.07) is 10.1. The summed E-state index contributed by atoms with van der Waals surface area (Å²) in [7, 11) is 0. The minimum absolute atomic E-state index is 0.0932. The molecule has 1 heterocycles. The normalized spacial score (nSPS) is 19.7. The lowest BCUT2D eigenvalue weighted by atomic mass is 10.0. The number of carbonyl (C=O) groups excluding carboxylic acids is 2. The van der Waals surface area contributed by atoms with Crippen LogP contribution in [0.1, 0.15) is 44.7 Å². The van der Waals surface area contributed by atoms with E-state index in [4.69, 9.17) is 0 Å². The Kier molecular flexibility index (Phi) is 5.74. The Morgan fingerprint density at radius 2 is 1.72 bits per heavy atom. The Labute approximate surface area is 150 Å². The number of piperazine rings is 1. The molecule has 1 aromatic rings. The zero-order valence-corrected chi connectivity index (χ0v) is 15.3. The minimum atomic E-state index is -0.260. The van der Waals surface area contributed by atoms with Crippen molar-refractivity contribution in [3.05, 3.63) is 35.9 Å². The fourth-order valence-electron chi connectivity index (χ4n) is 3.38.